The molecule has 3 rings (SSSR count). The molecule has 0 aromatic heterocycles. The molecule has 0 spiro atoms. The summed E-state index contributed by atoms with van der Waals surface area (Å²) in [5.41, 5.74) is 0. The first-order chi connectivity index (χ1) is 6.57. The van der Waals surface area contributed by atoms with Gasteiger partial charge in [-0.3, -0.25) is 0 Å². The molecule has 2 atom stereocenters. The van der Waals surface area contributed by atoms with E-state index in [2.05, 4.69) is 50.0 Å². The third kappa shape index (κ3) is 1.93. The fourth-order valence-electron chi connectivity index (χ4n) is 2.53. The summed E-state index contributed by atoms with van der Waals surface area (Å²) >= 11 is 0. The molecule has 0 aromatic carbocycles. The summed E-state index contributed by atoms with van der Waals surface area (Å²) in [5, 5.41) is 1.77. The predicted molar refractivity (Wildman–Crippen MR) is 65.9 cm³/mol. The van der Waals surface area contributed by atoms with Gasteiger partial charge in [0.25, 0.3) is 0 Å². The van der Waals surface area contributed by atoms with Gasteiger partial charge in [-0.2, -0.15) is 0 Å². The quantitative estimate of drug-likeness (QED) is 0.568. The summed E-state index contributed by atoms with van der Waals surface area (Å²) < 4.78 is 0. The summed E-state index contributed by atoms with van der Waals surface area (Å²) in [6.45, 7) is 7.40. The highest BCUT2D eigenvalue weighted by Crippen LogP contribution is 2.36. The van der Waals surface area contributed by atoms with Crippen molar-refractivity contribution in [3.63, 3.8) is 0 Å². The zero-order valence-electron chi connectivity index (χ0n) is 9.46. The number of fused-ring (bicyclic) bond motifs is 2. The first-order valence-electron chi connectivity index (χ1n) is 5.64. The van der Waals surface area contributed by atoms with E-state index in [0.717, 1.165) is 11.8 Å². The van der Waals surface area contributed by atoms with Crippen molar-refractivity contribution in [2.75, 3.05) is 0 Å². The minimum atomic E-state index is -1.09. The van der Waals surface area contributed by atoms with Gasteiger partial charge in [-0.05, 0) is 24.7 Å². The zero-order chi connectivity index (χ0) is 10.2. The predicted octanol–water partition coefficient (Wildman–Crippen LogP) is 3.94. The minimum absolute atomic E-state index is 0.720. The number of hydrogen-bond acceptors (Lipinski definition) is 0. The monoisotopic (exact) mass is 204 g/mol. The van der Waals surface area contributed by atoms with Gasteiger partial charge in [0.1, 0.15) is 0 Å². The van der Waals surface area contributed by atoms with Crippen molar-refractivity contribution < 1.29 is 0 Å². The number of allylic oxidation sites excluding steroid dienone is 6. The van der Waals surface area contributed by atoms with E-state index >= 15 is 0 Å². The Morgan fingerprint density at radius 2 is 1.79 bits per heavy atom. The number of hydrogen-bond donors (Lipinski definition) is 0. The van der Waals surface area contributed by atoms with E-state index in [1.807, 2.05) is 0 Å². The first kappa shape index (κ1) is 9.97. The van der Waals surface area contributed by atoms with Crippen molar-refractivity contribution in [2.24, 2.45) is 11.8 Å². The Kier molecular flexibility index (Phi) is 2.52. The Labute approximate surface area is 88.4 Å². The lowest BCUT2D eigenvalue weighted by Crippen LogP contribution is -2.31. The molecule has 0 aliphatic heterocycles. The molecule has 3 aliphatic rings. The van der Waals surface area contributed by atoms with Crippen LogP contribution in [0.5, 0.6) is 0 Å². The molecule has 0 amide bonds. The van der Waals surface area contributed by atoms with Crippen molar-refractivity contribution in [3.8, 4) is 0 Å². The van der Waals surface area contributed by atoms with E-state index in [9.17, 15) is 0 Å². The van der Waals surface area contributed by atoms with Crippen LogP contribution in [0.15, 0.2) is 35.6 Å². The van der Waals surface area contributed by atoms with Crippen LogP contribution in [0.1, 0.15) is 12.8 Å². The molecule has 0 radical (unpaired) electrons. The molecular weight excluding hydrogens is 184 g/mol. The van der Waals surface area contributed by atoms with Crippen LogP contribution in [0.25, 0.3) is 0 Å². The van der Waals surface area contributed by atoms with Gasteiger partial charge >= 0.3 is 0 Å². The summed E-state index contributed by atoms with van der Waals surface area (Å²) in [6, 6.07) is 0. The van der Waals surface area contributed by atoms with Gasteiger partial charge in [0.05, 0.1) is 8.07 Å². The normalized spacial score (nSPS) is 35.8. The molecule has 0 heterocycles. The molecule has 14 heavy (non-hydrogen) atoms. The molecule has 0 saturated heterocycles. The van der Waals surface area contributed by atoms with E-state index in [4.69, 9.17) is 0 Å². The maximum Gasteiger partial charge on any atom is 0.0728 e. The molecule has 0 unspecified atom stereocenters. The lowest BCUT2D eigenvalue weighted by Gasteiger charge is -2.34. The molecule has 0 fully saturated rings. The Balaban J connectivity index is 2.38. The van der Waals surface area contributed by atoms with E-state index in [0.29, 0.717) is 0 Å². The van der Waals surface area contributed by atoms with Gasteiger partial charge in [-0.1, -0.05) is 55.2 Å². The molecule has 0 nitrogen and oxygen atoms in total. The molecule has 0 aromatic rings. The third-order valence-corrected chi connectivity index (χ3v) is 5.55. The summed E-state index contributed by atoms with van der Waals surface area (Å²) in [4.78, 5) is 0. The van der Waals surface area contributed by atoms with Gasteiger partial charge in [0.2, 0.25) is 0 Å². The van der Waals surface area contributed by atoms with E-state index in [1.54, 1.807) is 5.20 Å². The molecule has 76 valence electrons. The Morgan fingerprint density at radius 3 is 2.50 bits per heavy atom. The van der Waals surface area contributed by atoms with Crippen LogP contribution in [0.2, 0.25) is 19.6 Å². The zero-order valence-corrected chi connectivity index (χ0v) is 10.5. The van der Waals surface area contributed by atoms with Crippen molar-refractivity contribution in [1.82, 2.24) is 0 Å². The summed E-state index contributed by atoms with van der Waals surface area (Å²) in [6.07, 6.45) is 14.5. The van der Waals surface area contributed by atoms with E-state index in [-0.39, 0.29) is 0 Å². The van der Waals surface area contributed by atoms with E-state index in [1.165, 1.54) is 12.8 Å². The first-order valence-corrected chi connectivity index (χ1v) is 9.14. The van der Waals surface area contributed by atoms with Crippen LogP contribution in [0, 0.1) is 11.8 Å². The molecule has 0 N–H and O–H groups in total. The molecule has 2 bridgehead atoms. The van der Waals surface area contributed by atoms with Gasteiger partial charge in [0.15, 0.2) is 0 Å². The lowest BCUT2D eigenvalue weighted by molar-refractivity contribution is 0.548. The Bertz CT molecular complexity index is 302. The highest BCUT2D eigenvalue weighted by Gasteiger charge is 2.29. The summed E-state index contributed by atoms with van der Waals surface area (Å²) in [7, 11) is -1.09. The molecule has 3 aliphatic carbocycles. The van der Waals surface area contributed by atoms with Crippen LogP contribution < -0.4 is 0 Å². The second-order valence-electron chi connectivity index (χ2n) is 5.49. The van der Waals surface area contributed by atoms with Crippen molar-refractivity contribution in [3.05, 3.63) is 35.6 Å². The SMILES string of the molecule is C[Si](C)(C)C1=C[C@H]2/C=C\C=C/[C@@H]1CC2. The fourth-order valence-corrected chi connectivity index (χ4v) is 4.60. The minimum Gasteiger partial charge on any atom is -0.0817 e. The molecule has 1 heteroatoms. The van der Waals surface area contributed by atoms with Crippen LogP contribution in [-0.4, -0.2) is 8.07 Å². The van der Waals surface area contributed by atoms with E-state index < -0.39 is 8.07 Å². The highest BCUT2D eigenvalue weighted by molar-refractivity contribution is 6.83. The van der Waals surface area contributed by atoms with Gasteiger partial charge in [-0.15, -0.1) is 0 Å². The number of rotatable bonds is 1. The second-order valence-corrected chi connectivity index (χ2v) is 10.6. The van der Waals surface area contributed by atoms with Gasteiger partial charge < -0.3 is 0 Å². The average Bonchev–Trinajstić information content (AvgIpc) is 2.02. The van der Waals surface area contributed by atoms with Crippen LogP contribution >= 0.6 is 0 Å². The van der Waals surface area contributed by atoms with Crippen LogP contribution in [0.4, 0.5) is 0 Å². The largest absolute Gasteiger partial charge is 0.0817 e. The fraction of sp³-hybridized carbons (Fsp3) is 0.538. The van der Waals surface area contributed by atoms with Crippen molar-refractivity contribution >= 4 is 8.07 Å². The molecular formula is C13H20Si. The second kappa shape index (κ2) is 3.54. The van der Waals surface area contributed by atoms with Crippen molar-refractivity contribution in [1.29, 1.82) is 0 Å². The van der Waals surface area contributed by atoms with Crippen LogP contribution in [-0.2, 0) is 0 Å². The Morgan fingerprint density at radius 1 is 1.07 bits per heavy atom. The van der Waals surface area contributed by atoms with Crippen LogP contribution in [0.3, 0.4) is 0 Å². The molecule has 0 saturated carbocycles. The van der Waals surface area contributed by atoms with Gasteiger partial charge in [-0.25, -0.2) is 0 Å². The topological polar surface area (TPSA) is 0 Å². The van der Waals surface area contributed by atoms with Crippen molar-refractivity contribution in [2.45, 2.75) is 32.5 Å². The highest BCUT2D eigenvalue weighted by atomic mass is 28.3. The lowest BCUT2D eigenvalue weighted by atomic mass is 9.86. The van der Waals surface area contributed by atoms with Gasteiger partial charge in [0, 0.05) is 0 Å². The average molecular weight is 204 g/mol. The maximum atomic E-state index is 2.56. The smallest absolute Gasteiger partial charge is 0.0728 e. The maximum absolute atomic E-state index is 2.56. The summed E-state index contributed by atoms with van der Waals surface area (Å²) in [5.74, 6) is 1.47. The Hall–Kier alpha value is -0.563. The third-order valence-electron chi connectivity index (χ3n) is 3.28. The standard InChI is InChI=1S/C13H20Si/c1-14(2,3)13-10-11-6-4-5-7-12(13)9-8-11/h4-7,10-12H,8-9H2,1-3H3/b6-4-,7-5-/t11-,12+/m0/s1.